The average molecular weight is 403 g/mol. The highest BCUT2D eigenvalue weighted by molar-refractivity contribution is 7.92. The van der Waals surface area contributed by atoms with Gasteiger partial charge in [-0.1, -0.05) is 30.3 Å². The first-order valence-corrected chi connectivity index (χ1v) is 9.94. The van der Waals surface area contributed by atoms with E-state index in [-0.39, 0.29) is 16.3 Å². The second-order valence-electron chi connectivity index (χ2n) is 5.98. The summed E-state index contributed by atoms with van der Waals surface area (Å²) in [5.41, 5.74) is 0.939. The van der Waals surface area contributed by atoms with Crippen molar-refractivity contribution in [2.75, 3.05) is 10.0 Å². The highest BCUT2D eigenvalue weighted by Crippen LogP contribution is 2.22. The molecule has 0 atom stereocenters. The zero-order valence-electron chi connectivity index (χ0n) is 15.2. The second-order valence-corrected chi connectivity index (χ2v) is 7.66. The van der Waals surface area contributed by atoms with Gasteiger partial charge in [0.1, 0.15) is 17.1 Å². The fourth-order valence-corrected chi connectivity index (χ4v) is 3.75. The summed E-state index contributed by atoms with van der Waals surface area (Å²) < 4.78 is 46.1. The minimum atomic E-state index is -4.04. The van der Waals surface area contributed by atoms with E-state index < -0.39 is 21.7 Å². The quantitative estimate of drug-likeness (QED) is 0.653. The van der Waals surface area contributed by atoms with Crippen LogP contribution in [-0.2, 0) is 16.4 Å². The molecule has 1 heterocycles. The molecule has 0 spiro atoms. The molecule has 0 radical (unpaired) electrons. The molecule has 0 unspecified atom stereocenters. The summed E-state index contributed by atoms with van der Waals surface area (Å²) in [6.07, 6.45) is 0.515. The molecule has 0 fully saturated rings. The first-order chi connectivity index (χ1) is 13.3. The van der Waals surface area contributed by atoms with Gasteiger partial charge >= 0.3 is 0 Å². The molecule has 2 N–H and O–H groups in total. The third-order valence-electron chi connectivity index (χ3n) is 4.02. The number of halogens is 1. The standard InChI is InChI=1S/C19H18FN3O4S/c1-3-16-18(12(2)27-22-16)19(24)21-13-7-6-8-14(11-13)28(25,26)23-17-10-5-4-9-15(17)20/h4-11,23H,3H2,1-2H3,(H,21,24). The van der Waals surface area contributed by atoms with Crippen LogP contribution in [0.5, 0.6) is 0 Å². The van der Waals surface area contributed by atoms with E-state index in [0.29, 0.717) is 23.4 Å². The maximum atomic E-state index is 13.8. The first-order valence-electron chi connectivity index (χ1n) is 8.45. The zero-order chi connectivity index (χ0) is 20.3. The van der Waals surface area contributed by atoms with Crippen molar-refractivity contribution in [3.05, 3.63) is 71.4 Å². The number of hydrogen-bond acceptors (Lipinski definition) is 5. The maximum Gasteiger partial charge on any atom is 0.262 e. The van der Waals surface area contributed by atoms with Gasteiger partial charge in [-0.2, -0.15) is 0 Å². The van der Waals surface area contributed by atoms with Gasteiger partial charge in [0, 0.05) is 5.69 Å². The van der Waals surface area contributed by atoms with Crippen LogP contribution in [0, 0.1) is 12.7 Å². The lowest BCUT2D eigenvalue weighted by Crippen LogP contribution is -2.16. The lowest BCUT2D eigenvalue weighted by atomic mass is 10.1. The molecule has 0 saturated carbocycles. The number of amides is 1. The van der Waals surface area contributed by atoms with Crippen molar-refractivity contribution in [1.29, 1.82) is 0 Å². The Kier molecular flexibility index (Phi) is 5.46. The molecule has 0 aliphatic heterocycles. The Morgan fingerprint density at radius 3 is 2.64 bits per heavy atom. The number of anilines is 2. The largest absolute Gasteiger partial charge is 0.361 e. The molecule has 7 nitrogen and oxygen atoms in total. The number of benzene rings is 2. The van der Waals surface area contributed by atoms with Gasteiger partial charge in [0.05, 0.1) is 16.3 Å². The van der Waals surface area contributed by atoms with Crippen LogP contribution >= 0.6 is 0 Å². The molecular weight excluding hydrogens is 385 g/mol. The number of hydrogen-bond donors (Lipinski definition) is 2. The maximum absolute atomic E-state index is 13.8. The predicted molar refractivity (Wildman–Crippen MR) is 102 cm³/mol. The van der Waals surface area contributed by atoms with E-state index in [9.17, 15) is 17.6 Å². The van der Waals surface area contributed by atoms with Crippen molar-refractivity contribution in [2.45, 2.75) is 25.2 Å². The van der Waals surface area contributed by atoms with Crippen LogP contribution in [0.15, 0.2) is 57.9 Å². The molecule has 0 aliphatic rings. The van der Waals surface area contributed by atoms with Crippen molar-refractivity contribution >= 4 is 27.3 Å². The molecule has 28 heavy (non-hydrogen) atoms. The smallest absolute Gasteiger partial charge is 0.262 e. The summed E-state index contributed by atoms with van der Waals surface area (Å²) in [6, 6.07) is 11.1. The van der Waals surface area contributed by atoms with Gasteiger partial charge in [0.15, 0.2) is 0 Å². The average Bonchev–Trinajstić information content (AvgIpc) is 3.04. The van der Waals surface area contributed by atoms with Crippen molar-refractivity contribution in [1.82, 2.24) is 5.16 Å². The van der Waals surface area contributed by atoms with Crippen LogP contribution in [0.4, 0.5) is 15.8 Å². The van der Waals surface area contributed by atoms with E-state index in [1.807, 2.05) is 6.92 Å². The summed E-state index contributed by atoms with van der Waals surface area (Å²) in [4.78, 5) is 12.4. The molecule has 1 amide bonds. The van der Waals surface area contributed by atoms with Crippen molar-refractivity contribution in [3.63, 3.8) is 0 Å². The normalized spacial score (nSPS) is 11.2. The lowest BCUT2D eigenvalue weighted by molar-refractivity contribution is 0.102. The number of carbonyl (C=O) groups is 1. The fourth-order valence-electron chi connectivity index (χ4n) is 2.63. The van der Waals surface area contributed by atoms with Crippen molar-refractivity contribution < 1.29 is 22.1 Å². The lowest BCUT2D eigenvalue weighted by Gasteiger charge is -2.11. The van der Waals surface area contributed by atoms with E-state index in [4.69, 9.17) is 4.52 Å². The van der Waals surface area contributed by atoms with E-state index in [1.54, 1.807) is 13.0 Å². The van der Waals surface area contributed by atoms with Gasteiger partial charge in [-0.15, -0.1) is 0 Å². The fraction of sp³-hybridized carbons (Fsp3) is 0.158. The molecule has 0 saturated heterocycles. The van der Waals surface area contributed by atoms with Crippen molar-refractivity contribution in [2.24, 2.45) is 0 Å². The van der Waals surface area contributed by atoms with Gasteiger partial charge in [-0.05, 0) is 43.7 Å². The third-order valence-corrected chi connectivity index (χ3v) is 5.38. The van der Waals surface area contributed by atoms with Crippen molar-refractivity contribution in [3.8, 4) is 0 Å². The highest BCUT2D eigenvalue weighted by Gasteiger charge is 2.21. The van der Waals surface area contributed by atoms with Gasteiger partial charge in [0.25, 0.3) is 15.9 Å². The number of rotatable bonds is 6. The Balaban J connectivity index is 1.85. The molecule has 9 heteroatoms. The predicted octanol–water partition coefficient (Wildman–Crippen LogP) is 3.74. The number of para-hydroxylation sites is 1. The Morgan fingerprint density at radius 2 is 1.93 bits per heavy atom. The van der Waals surface area contributed by atoms with E-state index in [1.165, 1.54) is 36.4 Å². The van der Waals surface area contributed by atoms with Gasteiger partial charge in [0.2, 0.25) is 0 Å². The summed E-state index contributed by atoms with van der Waals surface area (Å²) in [7, 11) is -4.04. The third kappa shape index (κ3) is 4.04. The second kappa shape index (κ2) is 7.81. The number of nitrogens with zero attached hydrogens (tertiary/aromatic N) is 1. The monoisotopic (exact) mass is 403 g/mol. The summed E-state index contributed by atoms with van der Waals surface area (Å²) >= 11 is 0. The van der Waals surface area contributed by atoms with Crippen LogP contribution in [-0.4, -0.2) is 19.5 Å². The Labute approximate surface area is 161 Å². The van der Waals surface area contributed by atoms with E-state index in [2.05, 4.69) is 15.2 Å². The van der Waals surface area contributed by atoms with Gasteiger partial charge in [-0.3, -0.25) is 9.52 Å². The van der Waals surface area contributed by atoms with E-state index >= 15 is 0 Å². The van der Waals surface area contributed by atoms with Crippen LogP contribution < -0.4 is 10.0 Å². The first kappa shape index (κ1) is 19.6. The summed E-state index contributed by atoms with van der Waals surface area (Å²) in [5, 5.41) is 6.47. The number of carbonyl (C=O) groups excluding carboxylic acids is 1. The van der Waals surface area contributed by atoms with Gasteiger partial charge in [-0.25, -0.2) is 12.8 Å². The topological polar surface area (TPSA) is 101 Å². The zero-order valence-corrected chi connectivity index (χ0v) is 16.0. The number of sulfonamides is 1. The molecule has 3 aromatic rings. The number of aryl methyl sites for hydroxylation is 2. The van der Waals surface area contributed by atoms with Crippen LogP contribution in [0.2, 0.25) is 0 Å². The molecular formula is C19H18FN3O4S. The van der Waals surface area contributed by atoms with Crippen LogP contribution in [0.1, 0.15) is 28.7 Å². The molecule has 3 rings (SSSR count). The number of nitrogens with one attached hydrogen (secondary N) is 2. The molecule has 0 bridgehead atoms. The molecule has 1 aromatic heterocycles. The summed E-state index contributed by atoms with van der Waals surface area (Å²) in [5.74, 6) is -0.767. The Hall–Kier alpha value is -3.20. The summed E-state index contributed by atoms with van der Waals surface area (Å²) in [6.45, 7) is 3.47. The molecule has 0 aliphatic carbocycles. The van der Waals surface area contributed by atoms with Gasteiger partial charge < -0.3 is 9.84 Å². The van der Waals surface area contributed by atoms with E-state index in [0.717, 1.165) is 6.07 Å². The molecule has 2 aromatic carbocycles. The minimum absolute atomic E-state index is 0.119. The minimum Gasteiger partial charge on any atom is -0.361 e. The van der Waals surface area contributed by atoms with Crippen LogP contribution in [0.25, 0.3) is 0 Å². The Morgan fingerprint density at radius 1 is 1.18 bits per heavy atom. The van der Waals surface area contributed by atoms with Crippen LogP contribution in [0.3, 0.4) is 0 Å². The number of aromatic nitrogens is 1. The molecule has 146 valence electrons. The Bertz CT molecular complexity index is 1130. The SMILES string of the molecule is CCc1noc(C)c1C(=O)Nc1cccc(S(=O)(=O)Nc2ccccc2F)c1. The highest BCUT2D eigenvalue weighted by atomic mass is 32.2.